The number of hydrogen-bond donors (Lipinski definition) is 1. The number of H-pyrrole nitrogens is 1. The zero-order valence-corrected chi connectivity index (χ0v) is 20.0. The van der Waals surface area contributed by atoms with Crippen LogP contribution in [0.5, 0.6) is 5.75 Å². The molecule has 5 nitrogen and oxygen atoms in total. The summed E-state index contributed by atoms with van der Waals surface area (Å²) in [4.78, 5) is 15.5. The summed E-state index contributed by atoms with van der Waals surface area (Å²) < 4.78 is 5.77. The van der Waals surface area contributed by atoms with Gasteiger partial charge in [-0.05, 0) is 48.7 Å². The maximum atomic E-state index is 13.6. The molecule has 2 heterocycles. The van der Waals surface area contributed by atoms with Crippen molar-refractivity contribution < 1.29 is 9.53 Å². The lowest BCUT2D eigenvalue weighted by Gasteiger charge is -2.26. The second-order valence-electron chi connectivity index (χ2n) is 8.61. The Hall–Kier alpha value is -3.57. The fourth-order valence-electron chi connectivity index (χ4n) is 4.39. The minimum atomic E-state index is -0.270. The minimum absolute atomic E-state index is 0.0629. The highest BCUT2D eigenvalue weighted by Crippen LogP contribution is 2.43. The SMILES string of the molecule is CCCOc1ccc(C2c3c(-c4ccc(C)cc4)n[nH]c3C(=O)N2Cc2ccc(Cl)cc2)cc1. The van der Waals surface area contributed by atoms with Crippen LogP contribution in [-0.4, -0.2) is 27.6 Å². The number of benzene rings is 3. The lowest BCUT2D eigenvalue weighted by atomic mass is 9.95. The number of fused-ring (bicyclic) bond motifs is 1. The molecule has 172 valence electrons. The van der Waals surface area contributed by atoms with Crippen molar-refractivity contribution in [1.29, 1.82) is 0 Å². The molecule has 6 heteroatoms. The van der Waals surface area contributed by atoms with E-state index in [0.717, 1.165) is 40.1 Å². The van der Waals surface area contributed by atoms with E-state index in [9.17, 15) is 4.79 Å². The Balaban J connectivity index is 1.58. The van der Waals surface area contributed by atoms with Crippen molar-refractivity contribution in [3.8, 4) is 17.0 Å². The molecule has 5 rings (SSSR count). The smallest absolute Gasteiger partial charge is 0.273 e. The summed E-state index contributed by atoms with van der Waals surface area (Å²) in [7, 11) is 0. The van der Waals surface area contributed by atoms with Crippen molar-refractivity contribution in [3.05, 3.63) is 106 Å². The first kappa shape index (κ1) is 22.2. The van der Waals surface area contributed by atoms with Crippen LogP contribution in [0.25, 0.3) is 11.3 Å². The van der Waals surface area contributed by atoms with E-state index in [2.05, 4.69) is 48.3 Å². The van der Waals surface area contributed by atoms with E-state index in [1.165, 1.54) is 5.56 Å². The molecule has 0 radical (unpaired) electrons. The van der Waals surface area contributed by atoms with Crippen molar-refractivity contribution in [1.82, 2.24) is 15.1 Å². The molecular formula is C28H26ClN3O2. The van der Waals surface area contributed by atoms with Gasteiger partial charge in [-0.1, -0.05) is 72.6 Å². The predicted molar refractivity (Wildman–Crippen MR) is 134 cm³/mol. The second-order valence-corrected chi connectivity index (χ2v) is 9.04. The summed E-state index contributed by atoms with van der Waals surface area (Å²) in [6.07, 6.45) is 0.950. The van der Waals surface area contributed by atoms with Crippen molar-refractivity contribution >= 4 is 17.5 Å². The summed E-state index contributed by atoms with van der Waals surface area (Å²) >= 11 is 6.08. The van der Waals surface area contributed by atoms with Gasteiger partial charge in [0.1, 0.15) is 11.4 Å². The van der Waals surface area contributed by atoms with Crippen molar-refractivity contribution in [2.24, 2.45) is 0 Å². The Bertz CT molecular complexity index is 1300. The third-order valence-corrected chi connectivity index (χ3v) is 6.38. The number of aryl methyl sites for hydroxylation is 1. The van der Waals surface area contributed by atoms with Crippen LogP contribution in [0.15, 0.2) is 72.8 Å². The van der Waals surface area contributed by atoms with Gasteiger partial charge in [-0.2, -0.15) is 5.10 Å². The molecule has 1 aromatic heterocycles. The average molecular weight is 472 g/mol. The van der Waals surface area contributed by atoms with Crippen LogP contribution in [0, 0.1) is 6.92 Å². The highest BCUT2D eigenvalue weighted by molar-refractivity contribution is 6.30. The number of hydrogen-bond acceptors (Lipinski definition) is 3. The molecule has 1 unspecified atom stereocenters. The van der Waals surface area contributed by atoms with Gasteiger partial charge < -0.3 is 9.64 Å². The number of aromatic amines is 1. The topological polar surface area (TPSA) is 58.2 Å². The van der Waals surface area contributed by atoms with E-state index in [1.54, 1.807) is 0 Å². The normalized spacial score (nSPS) is 15.0. The van der Waals surface area contributed by atoms with Crippen molar-refractivity contribution in [2.45, 2.75) is 32.9 Å². The fourth-order valence-corrected chi connectivity index (χ4v) is 4.52. The van der Waals surface area contributed by atoms with E-state index >= 15 is 0 Å². The molecular weight excluding hydrogens is 446 g/mol. The molecule has 34 heavy (non-hydrogen) atoms. The van der Waals surface area contributed by atoms with Gasteiger partial charge in [-0.25, -0.2) is 0 Å². The molecule has 1 amide bonds. The Morgan fingerprint density at radius 2 is 1.71 bits per heavy atom. The third-order valence-electron chi connectivity index (χ3n) is 6.12. The van der Waals surface area contributed by atoms with Crippen LogP contribution >= 0.6 is 11.6 Å². The first-order valence-electron chi connectivity index (χ1n) is 11.5. The van der Waals surface area contributed by atoms with Crippen LogP contribution in [0.2, 0.25) is 5.02 Å². The third kappa shape index (κ3) is 4.19. The molecule has 0 fully saturated rings. The van der Waals surface area contributed by atoms with E-state index in [4.69, 9.17) is 16.3 Å². The van der Waals surface area contributed by atoms with Gasteiger partial charge in [-0.3, -0.25) is 9.89 Å². The van der Waals surface area contributed by atoms with Gasteiger partial charge in [-0.15, -0.1) is 0 Å². The molecule has 0 bridgehead atoms. The summed E-state index contributed by atoms with van der Waals surface area (Å²) in [5, 5.41) is 8.26. The van der Waals surface area contributed by atoms with Crippen LogP contribution < -0.4 is 4.74 Å². The lowest BCUT2D eigenvalue weighted by molar-refractivity contribution is 0.0730. The maximum Gasteiger partial charge on any atom is 0.273 e. The Morgan fingerprint density at radius 1 is 1.00 bits per heavy atom. The summed E-state index contributed by atoms with van der Waals surface area (Å²) in [6, 6.07) is 23.6. The standard InChI is InChI=1S/C28H26ClN3O2/c1-3-16-34-23-14-10-21(11-15-23)27-24-25(20-8-4-18(2)5-9-20)30-31-26(24)28(33)32(27)17-19-6-12-22(29)13-7-19/h4-15,27H,3,16-17H2,1-2H3,(H,30,31). The predicted octanol–water partition coefficient (Wildman–Crippen LogP) is 6.57. The highest BCUT2D eigenvalue weighted by atomic mass is 35.5. The largest absolute Gasteiger partial charge is 0.494 e. The molecule has 3 aromatic carbocycles. The molecule has 0 spiro atoms. The maximum absolute atomic E-state index is 13.6. The van der Waals surface area contributed by atoms with Gasteiger partial charge in [0.25, 0.3) is 5.91 Å². The molecule has 1 aliphatic rings. The number of halogens is 1. The van der Waals surface area contributed by atoms with Gasteiger partial charge in [0.15, 0.2) is 0 Å². The van der Waals surface area contributed by atoms with Crippen molar-refractivity contribution in [2.75, 3.05) is 6.61 Å². The monoisotopic (exact) mass is 471 g/mol. The van der Waals surface area contributed by atoms with Gasteiger partial charge in [0, 0.05) is 22.7 Å². The molecule has 0 saturated carbocycles. The summed E-state index contributed by atoms with van der Waals surface area (Å²) in [6.45, 7) is 5.28. The van der Waals surface area contributed by atoms with Gasteiger partial charge in [0.2, 0.25) is 0 Å². The first-order valence-corrected chi connectivity index (χ1v) is 11.9. The zero-order valence-electron chi connectivity index (χ0n) is 19.2. The van der Waals surface area contributed by atoms with Crippen LogP contribution in [0.4, 0.5) is 0 Å². The number of ether oxygens (including phenoxy) is 1. The first-order chi connectivity index (χ1) is 16.5. The van der Waals surface area contributed by atoms with Gasteiger partial charge in [0.05, 0.1) is 18.3 Å². The molecule has 0 saturated heterocycles. The molecule has 1 atom stereocenters. The fraction of sp³-hybridized carbons (Fsp3) is 0.214. The van der Waals surface area contributed by atoms with Crippen LogP contribution in [-0.2, 0) is 6.54 Å². The number of aromatic nitrogens is 2. The number of nitrogens with zero attached hydrogens (tertiary/aromatic N) is 2. The molecule has 1 N–H and O–H groups in total. The number of carbonyl (C=O) groups excluding carboxylic acids is 1. The van der Waals surface area contributed by atoms with E-state index < -0.39 is 0 Å². The average Bonchev–Trinajstić information content (AvgIpc) is 3.39. The Morgan fingerprint density at radius 3 is 2.38 bits per heavy atom. The van der Waals surface area contributed by atoms with E-state index in [1.807, 2.05) is 53.4 Å². The number of carbonyl (C=O) groups is 1. The molecule has 4 aromatic rings. The lowest BCUT2D eigenvalue weighted by Crippen LogP contribution is -2.29. The summed E-state index contributed by atoms with van der Waals surface area (Å²) in [5.74, 6) is 0.762. The van der Waals surface area contributed by atoms with Crippen LogP contribution in [0.3, 0.4) is 0 Å². The highest BCUT2D eigenvalue weighted by Gasteiger charge is 2.42. The molecule has 1 aliphatic heterocycles. The van der Waals surface area contributed by atoms with E-state index in [-0.39, 0.29) is 11.9 Å². The molecule has 0 aliphatic carbocycles. The number of amides is 1. The van der Waals surface area contributed by atoms with Gasteiger partial charge >= 0.3 is 0 Å². The summed E-state index contributed by atoms with van der Waals surface area (Å²) in [5.41, 5.74) is 6.44. The Labute approximate surface area is 204 Å². The quantitative estimate of drug-likeness (QED) is 0.331. The second kappa shape index (κ2) is 9.35. The van der Waals surface area contributed by atoms with Crippen LogP contribution in [0.1, 0.15) is 52.1 Å². The number of nitrogens with one attached hydrogen (secondary N) is 1. The number of rotatable bonds is 7. The zero-order chi connectivity index (χ0) is 23.7. The van der Waals surface area contributed by atoms with E-state index in [0.29, 0.717) is 23.9 Å². The van der Waals surface area contributed by atoms with Crippen molar-refractivity contribution in [3.63, 3.8) is 0 Å². The Kier molecular flexibility index (Phi) is 6.12. The minimum Gasteiger partial charge on any atom is -0.494 e.